The second-order valence-corrected chi connectivity index (χ2v) is 7.81. The number of hydrogen-bond acceptors (Lipinski definition) is 3. The summed E-state index contributed by atoms with van der Waals surface area (Å²) in [4.78, 5) is 17.6. The number of rotatable bonds is 3. The highest BCUT2D eigenvalue weighted by Crippen LogP contribution is 2.34. The average Bonchev–Trinajstić information content (AvgIpc) is 3.24. The SMILES string of the molecule is O=C(O)N1CC2CN(Cc3ccc(Cl)cc3N3CCCC3)CC2C1. The fourth-order valence-electron chi connectivity index (χ4n) is 4.54. The van der Waals surface area contributed by atoms with E-state index in [0.717, 1.165) is 37.7 Å². The second-order valence-electron chi connectivity index (χ2n) is 7.37. The zero-order valence-electron chi connectivity index (χ0n) is 13.8. The van der Waals surface area contributed by atoms with Crippen LogP contribution in [0.5, 0.6) is 0 Å². The van der Waals surface area contributed by atoms with Gasteiger partial charge in [0, 0.05) is 56.5 Å². The van der Waals surface area contributed by atoms with Gasteiger partial charge < -0.3 is 14.9 Å². The van der Waals surface area contributed by atoms with E-state index in [1.807, 2.05) is 6.07 Å². The molecular formula is C18H24ClN3O2. The summed E-state index contributed by atoms with van der Waals surface area (Å²) in [6.07, 6.45) is 1.74. The van der Waals surface area contributed by atoms with Crippen molar-refractivity contribution in [2.75, 3.05) is 44.2 Å². The summed E-state index contributed by atoms with van der Waals surface area (Å²) in [5, 5.41) is 9.95. The molecule has 0 bridgehead atoms. The molecule has 3 aliphatic rings. The zero-order chi connectivity index (χ0) is 16.7. The summed E-state index contributed by atoms with van der Waals surface area (Å²) in [7, 11) is 0. The summed E-state index contributed by atoms with van der Waals surface area (Å²) in [6, 6.07) is 6.25. The first-order valence-electron chi connectivity index (χ1n) is 8.84. The molecule has 3 heterocycles. The topological polar surface area (TPSA) is 47.0 Å². The van der Waals surface area contributed by atoms with Crippen LogP contribution in [0.1, 0.15) is 18.4 Å². The van der Waals surface area contributed by atoms with Crippen LogP contribution in [0.4, 0.5) is 10.5 Å². The third kappa shape index (κ3) is 3.07. The van der Waals surface area contributed by atoms with Crippen molar-refractivity contribution in [2.45, 2.75) is 19.4 Å². The van der Waals surface area contributed by atoms with Crippen LogP contribution in [0.3, 0.4) is 0 Å². The lowest BCUT2D eigenvalue weighted by Gasteiger charge is -2.25. The van der Waals surface area contributed by atoms with E-state index in [0.29, 0.717) is 24.9 Å². The van der Waals surface area contributed by atoms with Crippen LogP contribution in [0.2, 0.25) is 5.02 Å². The molecule has 4 rings (SSSR count). The van der Waals surface area contributed by atoms with Gasteiger partial charge in [0.2, 0.25) is 0 Å². The summed E-state index contributed by atoms with van der Waals surface area (Å²) < 4.78 is 0. The smallest absolute Gasteiger partial charge is 0.407 e. The number of anilines is 1. The molecule has 3 aliphatic heterocycles. The number of carbonyl (C=O) groups is 1. The number of carboxylic acid groups (broad SMARTS) is 1. The molecule has 2 unspecified atom stereocenters. The van der Waals surface area contributed by atoms with Gasteiger partial charge in [-0.1, -0.05) is 17.7 Å². The first kappa shape index (κ1) is 16.0. The molecule has 5 nitrogen and oxygen atoms in total. The van der Waals surface area contributed by atoms with E-state index in [1.54, 1.807) is 4.90 Å². The van der Waals surface area contributed by atoms with Gasteiger partial charge in [0.25, 0.3) is 0 Å². The van der Waals surface area contributed by atoms with Gasteiger partial charge >= 0.3 is 6.09 Å². The van der Waals surface area contributed by atoms with Crippen molar-refractivity contribution in [1.82, 2.24) is 9.80 Å². The van der Waals surface area contributed by atoms with Crippen LogP contribution in [-0.2, 0) is 6.54 Å². The number of amides is 1. The van der Waals surface area contributed by atoms with Crippen LogP contribution >= 0.6 is 11.6 Å². The Labute approximate surface area is 147 Å². The lowest BCUT2D eigenvalue weighted by Crippen LogP contribution is -2.32. The zero-order valence-corrected chi connectivity index (χ0v) is 14.6. The third-order valence-electron chi connectivity index (χ3n) is 5.72. The number of hydrogen-bond donors (Lipinski definition) is 1. The minimum Gasteiger partial charge on any atom is -0.465 e. The Bertz CT molecular complexity index is 619. The fraction of sp³-hybridized carbons (Fsp3) is 0.611. The largest absolute Gasteiger partial charge is 0.465 e. The predicted octanol–water partition coefficient (Wildman–Crippen LogP) is 2.98. The summed E-state index contributed by atoms with van der Waals surface area (Å²) in [5.41, 5.74) is 2.63. The van der Waals surface area contributed by atoms with Gasteiger partial charge in [0.05, 0.1) is 0 Å². The van der Waals surface area contributed by atoms with E-state index in [4.69, 9.17) is 16.7 Å². The van der Waals surface area contributed by atoms with E-state index in [-0.39, 0.29) is 0 Å². The standard InChI is InChI=1S/C18H24ClN3O2/c19-16-4-3-13(17(7-16)21-5-1-2-6-21)8-20-9-14-11-22(18(23)24)12-15(14)10-20/h3-4,7,14-15H,1-2,5-6,8-12H2,(H,23,24). The Morgan fingerprint density at radius 1 is 1.12 bits per heavy atom. The average molecular weight is 350 g/mol. The van der Waals surface area contributed by atoms with Crippen molar-refractivity contribution in [1.29, 1.82) is 0 Å². The second kappa shape index (κ2) is 6.45. The Morgan fingerprint density at radius 3 is 2.42 bits per heavy atom. The Morgan fingerprint density at radius 2 is 1.79 bits per heavy atom. The van der Waals surface area contributed by atoms with E-state index in [1.165, 1.54) is 24.1 Å². The van der Waals surface area contributed by atoms with E-state index >= 15 is 0 Å². The highest BCUT2D eigenvalue weighted by Gasteiger charge is 2.41. The Balaban J connectivity index is 1.45. The molecule has 3 fully saturated rings. The van der Waals surface area contributed by atoms with Gasteiger partial charge in [0.1, 0.15) is 0 Å². The van der Waals surface area contributed by atoms with Gasteiger partial charge in [-0.15, -0.1) is 0 Å². The van der Waals surface area contributed by atoms with Crippen LogP contribution in [-0.4, -0.2) is 60.3 Å². The van der Waals surface area contributed by atoms with Crippen molar-refractivity contribution >= 4 is 23.4 Å². The lowest BCUT2D eigenvalue weighted by molar-refractivity contribution is 0.148. The van der Waals surface area contributed by atoms with Crippen LogP contribution < -0.4 is 4.90 Å². The molecule has 1 aromatic carbocycles. The van der Waals surface area contributed by atoms with Gasteiger partial charge in [-0.05, 0) is 42.4 Å². The highest BCUT2D eigenvalue weighted by molar-refractivity contribution is 6.30. The molecule has 1 aromatic rings. The number of nitrogens with zero attached hydrogens (tertiary/aromatic N) is 3. The molecule has 1 N–H and O–H groups in total. The molecular weight excluding hydrogens is 326 g/mol. The molecule has 0 saturated carbocycles. The van der Waals surface area contributed by atoms with Crippen LogP contribution in [0, 0.1) is 11.8 Å². The van der Waals surface area contributed by atoms with Gasteiger partial charge in [-0.25, -0.2) is 4.79 Å². The van der Waals surface area contributed by atoms with E-state index in [2.05, 4.69) is 21.9 Å². The first-order chi connectivity index (χ1) is 11.6. The maximum Gasteiger partial charge on any atom is 0.407 e. The number of fused-ring (bicyclic) bond motifs is 1. The van der Waals surface area contributed by atoms with Crippen LogP contribution in [0.25, 0.3) is 0 Å². The lowest BCUT2D eigenvalue weighted by atomic mass is 10.0. The molecule has 0 radical (unpaired) electrons. The monoisotopic (exact) mass is 349 g/mol. The Hall–Kier alpha value is -1.46. The molecule has 130 valence electrons. The minimum atomic E-state index is -0.773. The number of benzene rings is 1. The van der Waals surface area contributed by atoms with Gasteiger partial charge in [0.15, 0.2) is 0 Å². The Kier molecular flexibility index (Phi) is 4.31. The molecule has 0 aliphatic carbocycles. The highest BCUT2D eigenvalue weighted by atomic mass is 35.5. The molecule has 6 heteroatoms. The summed E-state index contributed by atoms with van der Waals surface area (Å²) >= 11 is 6.23. The fourth-order valence-corrected chi connectivity index (χ4v) is 4.71. The van der Waals surface area contributed by atoms with Crippen molar-refractivity contribution in [2.24, 2.45) is 11.8 Å². The summed E-state index contributed by atoms with van der Waals surface area (Å²) in [6.45, 7) is 6.54. The maximum atomic E-state index is 11.1. The van der Waals surface area contributed by atoms with Crippen molar-refractivity contribution in [3.05, 3.63) is 28.8 Å². The molecule has 2 atom stereocenters. The van der Waals surface area contributed by atoms with E-state index < -0.39 is 6.09 Å². The molecule has 3 saturated heterocycles. The molecule has 0 spiro atoms. The van der Waals surface area contributed by atoms with Crippen molar-refractivity contribution in [3.63, 3.8) is 0 Å². The first-order valence-corrected chi connectivity index (χ1v) is 9.21. The van der Waals surface area contributed by atoms with Crippen LogP contribution in [0.15, 0.2) is 18.2 Å². The number of halogens is 1. The summed E-state index contributed by atoms with van der Waals surface area (Å²) in [5.74, 6) is 0.979. The molecule has 1 amide bonds. The minimum absolute atomic E-state index is 0.489. The van der Waals surface area contributed by atoms with E-state index in [9.17, 15) is 4.79 Å². The number of likely N-dealkylation sites (tertiary alicyclic amines) is 2. The van der Waals surface area contributed by atoms with Gasteiger partial charge in [-0.3, -0.25) is 4.90 Å². The predicted molar refractivity (Wildman–Crippen MR) is 94.8 cm³/mol. The van der Waals surface area contributed by atoms with Gasteiger partial charge in [-0.2, -0.15) is 0 Å². The van der Waals surface area contributed by atoms with Crippen molar-refractivity contribution in [3.8, 4) is 0 Å². The molecule has 0 aromatic heterocycles. The normalized spacial score (nSPS) is 27.0. The quantitative estimate of drug-likeness (QED) is 0.911. The molecule has 24 heavy (non-hydrogen) atoms. The van der Waals surface area contributed by atoms with Crippen molar-refractivity contribution < 1.29 is 9.90 Å². The maximum absolute atomic E-state index is 11.1. The third-order valence-corrected chi connectivity index (χ3v) is 5.96.